The summed E-state index contributed by atoms with van der Waals surface area (Å²) in [4.78, 5) is 4.53. The highest BCUT2D eigenvalue weighted by molar-refractivity contribution is 5.00. The predicted molar refractivity (Wildman–Crippen MR) is 75.2 cm³/mol. The summed E-state index contributed by atoms with van der Waals surface area (Å²) in [6.45, 7) is 11.6. The molecular weight excluding hydrogens is 242 g/mol. The molecule has 1 N–H and O–H groups in total. The number of nitrogens with zero attached hydrogens (tertiary/aromatic N) is 2. The molecule has 0 aromatic carbocycles. The van der Waals surface area contributed by atoms with E-state index in [4.69, 9.17) is 9.26 Å². The second kappa shape index (κ2) is 7.60. The second-order valence-electron chi connectivity index (χ2n) is 5.42. The molecule has 1 aromatic rings. The van der Waals surface area contributed by atoms with E-state index in [-0.39, 0.29) is 12.0 Å². The zero-order valence-corrected chi connectivity index (χ0v) is 12.9. The number of likely N-dealkylation sites (N-methyl/N-ethyl adjacent to an activating group) is 1. The van der Waals surface area contributed by atoms with E-state index in [9.17, 15) is 0 Å². The summed E-state index contributed by atoms with van der Waals surface area (Å²) in [6, 6.07) is 0.318. The summed E-state index contributed by atoms with van der Waals surface area (Å²) in [5.74, 6) is 2.13. The lowest BCUT2D eigenvalue weighted by atomic mass is 9.89. The fraction of sp³-hybridized carbons (Fsp3) is 0.857. The molecule has 0 saturated heterocycles. The molecule has 3 atom stereocenters. The molecule has 0 bridgehead atoms. The number of hydrogen-bond acceptors (Lipinski definition) is 5. The van der Waals surface area contributed by atoms with Crippen LogP contribution in [0.15, 0.2) is 4.52 Å². The van der Waals surface area contributed by atoms with Crippen molar-refractivity contribution in [3.8, 4) is 0 Å². The molecule has 5 nitrogen and oxygen atoms in total. The zero-order chi connectivity index (χ0) is 14.4. The lowest BCUT2D eigenvalue weighted by Gasteiger charge is -2.24. The Morgan fingerprint density at radius 1 is 1.26 bits per heavy atom. The molecule has 1 aromatic heterocycles. The van der Waals surface area contributed by atoms with Gasteiger partial charge in [-0.3, -0.25) is 0 Å². The maximum atomic E-state index is 5.44. The van der Waals surface area contributed by atoms with Gasteiger partial charge in [0.25, 0.3) is 0 Å². The average Bonchev–Trinajstić information content (AvgIpc) is 2.77. The number of methoxy groups -OCH3 is 1. The van der Waals surface area contributed by atoms with Gasteiger partial charge in [-0.1, -0.05) is 25.9 Å². The Morgan fingerprint density at radius 3 is 2.47 bits per heavy atom. The van der Waals surface area contributed by atoms with E-state index in [1.165, 1.54) is 0 Å². The maximum Gasteiger partial charge on any atom is 0.231 e. The highest BCUT2D eigenvalue weighted by Gasteiger charge is 2.28. The van der Waals surface area contributed by atoms with E-state index >= 15 is 0 Å². The third-order valence-electron chi connectivity index (χ3n) is 3.42. The molecule has 0 spiro atoms. The molecule has 1 heterocycles. The molecule has 19 heavy (non-hydrogen) atoms. The van der Waals surface area contributed by atoms with Crippen LogP contribution in [0.5, 0.6) is 0 Å². The van der Waals surface area contributed by atoms with Crippen LogP contribution in [0, 0.1) is 5.92 Å². The van der Waals surface area contributed by atoms with E-state index in [2.05, 4.69) is 43.2 Å². The highest BCUT2D eigenvalue weighted by Crippen LogP contribution is 2.26. The molecule has 0 aliphatic rings. The van der Waals surface area contributed by atoms with Crippen LogP contribution in [-0.2, 0) is 11.2 Å². The van der Waals surface area contributed by atoms with Crippen LogP contribution < -0.4 is 5.32 Å². The van der Waals surface area contributed by atoms with Gasteiger partial charge < -0.3 is 14.6 Å². The van der Waals surface area contributed by atoms with Crippen molar-refractivity contribution < 1.29 is 9.26 Å². The Bertz CT molecular complexity index is 365. The summed E-state index contributed by atoms with van der Waals surface area (Å²) >= 11 is 0. The summed E-state index contributed by atoms with van der Waals surface area (Å²) < 4.78 is 10.7. The topological polar surface area (TPSA) is 60.2 Å². The van der Waals surface area contributed by atoms with E-state index in [0.29, 0.717) is 18.4 Å². The highest BCUT2D eigenvalue weighted by atomic mass is 16.5. The van der Waals surface area contributed by atoms with E-state index in [0.717, 1.165) is 18.3 Å². The van der Waals surface area contributed by atoms with Crippen LogP contribution in [0.2, 0.25) is 0 Å². The number of aromatic nitrogens is 2. The molecular formula is C14H27N3O2. The van der Waals surface area contributed by atoms with Gasteiger partial charge in [0.05, 0.1) is 12.0 Å². The lowest BCUT2D eigenvalue weighted by Crippen LogP contribution is -2.34. The van der Waals surface area contributed by atoms with Crippen molar-refractivity contribution >= 4 is 0 Å². The molecule has 0 aliphatic carbocycles. The molecule has 0 saturated carbocycles. The largest absolute Gasteiger partial charge is 0.381 e. The zero-order valence-electron chi connectivity index (χ0n) is 12.9. The normalized spacial score (nSPS) is 16.6. The van der Waals surface area contributed by atoms with Gasteiger partial charge in [-0.2, -0.15) is 4.98 Å². The molecule has 110 valence electrons. The van der Waals surface area contributed by atoms with Crippen molar-refractivity contribution in [3.05, 3.63) is 11.7 Å². The smallest absolute Gasteiger partial charge is 0.231 e. The Kier molecular flexibility index (Phi) is 6.45. The Balaban J connectivity index is 2.80. The van der Waals surface area contributed by atoms with Crippen molar-refractivity contribution in [2.45, 2.75) is 59.1 Å². The first-order chi connectivity index (χ1) is 8.99. The molecule has 3 unspecified atom stereocenters. The number of ether oxygens (including phenoxy) is 1. The maximum absolute atomic E-state index is 5.44. The minimum Gasteiger partial charge on any atom is -0.381 e. The Labute approximate surface area is 116 Å². The molecule has 0 aliphatic heterocycles. The minimum absolute atomic E-state index is 0.106. The SMILES string of the molecule is CCNC(C)C(c1nc(CC(C)OC)no1)C(C)C. The van der Waals surface area contributed by atoms with Gasteiger partial charge in [-0.25, -0.2) is 0 Å². The van der Waals surface area contributed by atoms with Crippen LogP contribution in [0.4, 0.5) is 0 Å². The quantitative estimate of drug-likeness (QED) is 0.785. The fourth-order valence-electron chi connectivity index (χ4n) is 2.35. The summed E-state index contributed by atoms with van der Waals surface area (Å²) in [7, 11) is 1.69. The third-order valence-corrected chi connectivity index (χ3v) is 3.42. The first kappa shape index (κ1) is 16.1. The van der Waals surface area contributed by atoms with Gasteiger partial charge in [-0.15, -0.1) is 0 Å². The van der Waals surface area contributed by atoms with Crippen molar-refractivity contribution in [2.24, 2.45) is 5.92 Å². The number of nitrogens with one attached hydrogen (secondary N) is 1. The average molecular weight is 269 g/mol. The first-order valence-corrected chi connectivity index (χ1v) is 7.08. The molecule has 0 radical (unpaired) electrons. The molecule has 0 fully saturated rings. The summed E-state index contributed by atoms with van der Waals surface area (Å²) in [5, 5.41) is 7.49. The van der Waals surface area contributed by atoms with Gasteiger partial charge in [0.1, 0.15) is 0 Å². The van der Waals surface area contributed by atoms with Gasteiger partial charge in [-0.05, 0) is 26.3 Å². The Hall–Kier alpha value is -0.940. The van der Waals surface area contributed by atoms with Crippen LogP contribution in [0.3, 0.4) is 0 Å². The molecule has 0 amide bonds. The monoisotopic (exact) mass is 269 g/mol. The summed E-state index contributed by atoms with van der Waals surface area (Å²) in [6.07, 6.45) is 0.787. The van der Waals surface area contributed by atoms with Crippen molar-refractivity contribution in [1.82, 2.24) is 15.5 Å². The fourth-order valence-corrected chi connectivity index (χ4v) is 2.35. The van der Waals surface area contributed by atoms with Crippen molar-refractivity contribution in [2.75, 3.05) is 13.7 Å². The Morgan fingerprint density at radius 2 is 1.95 bits per heavy atom. The standard InChI is InChI=1S/C14H27N3O2/c1-7-15-11(5)13(9(2)3)14-16-12(17-19-14)8-10(4)18-6/h9-11,13,15H,7-8H2,1-6H3. The van der Waals surface area contributed by atoms with Gasteiger partial charge in [0, 0.05) is 19.6 Å². The molecule has 1 rings (SSSR count). The van der Waals surface area contributed by atoms with Crippen LogP contribution in [0.25, 0.3) is 0 Å². The van der Waals surface area contributed by atoms with Gasteiger partial charge >= 0.3 is 0 Å². The first-order valence-electron chi connectivity index (χ1n) is 7.08. The number of rotatable bonds is 8. The van der Waals surface area contributed by atoms with E-state index in [1.54, 1.807) is 7.11 Å². The number of hydrogen-bond donors (Lipinski definition) is 1. The summed E-state index contributed by atoms with van der Waals surface area (Å²) in [5.41, 5.74) is 0. The lowest BCUT2D eigenvalue weighted by molar-refractivity contribution is 0.116. The minimum atomic E-state index is 0.106. The van der Waals surface area contributed by atoms with E-state index in [1.807, 2.05) is 6.92 Å². The van der Waals surface area contributed by atoms with Crippen molar-refractivity contribution in [3.63, 3.8) is 0 Å². The van der Waals surface area contributed by atoms with Crippen LogP contribution >= 0.6 is 0 Å². The van der Waals surface area contributed by atoms with Crippen molar-refractivity contribution in [1.29, 1.82) is 0 Å². The predicted octanol–water partition coefficient (Wildman–Crippen LogP) is 2.38. The van der Waals surface area contributed by atoms with Gasteiger partial charge in [0.15, 0.2) is 5.82 Å². The molecule has 5 heteroatoms. The second-order valence-corrected chi connectivity index (χ2v) is 5.42. The third kappa shape index (κ3) is 4.58. The van der Waals surface area contributed by atoms with Crippen LogP contribution in [0.1, 0.15) is 52.3 Å². The van der Waals surface area contributed by atoms with Crippen LogP contribution in [-0.4, -0.2) is 35.9 Å². The van der Waals surface area contributed by atoms with E-state index < -0.39 is 0 Å². The van der Waals surface area contributed by atoms with Gasteiger partial charge in [0.2, 0.25) is 5.89 Å².